The first-order valence-corrected chi connectivity index (χ1v) is 13.1. The van der Waals surface area contributed by atoms with Gasteiger partial charge in [0.25, 0.3) is 0 Å². The molecule has 1 amide bonds. The van der Waals surface area contributed by atoms with Gasteiger partial charge in [-0.25, -0.2) is 0 Å². The number of rotatable bonds is 5. The monoisotopic (exact) mass is 565 g/mol. The zero-order valence-electron chi connectivity index (χ0n) is 20.6. The molecule has 0 spiro atoms. The molecule has 8 heteroatoms. The minimum atomic E-state index is -1.13. The van der Waals surface area contributed by atoms with Crippen molar-refractivity contribution in [3.05, 3.63) is 81.8 Å². The predicted octanol–water partition coefficient (Wildman–Crippen LogP) is 6.26. The van der Waals surface area contributed by atoms with Crippen LogP contribution in [0.4, 0.5) is 11.4 Å². The van der Waals surface area contributed by atoms with Crippen molar-refractivity contribution in [3.8, 4) is 11.5 Å². The van der Waals surface area contributed by atoms with Crippen LogP contribution in [0, 0.1) is 19.8 Å². The third-order valence-corrected chi connectivity index (χ3v) is 7.57. The Morgan fingerprint density at radius 3 is 2.69 bits per heavy atom. The Morgan fingerprint density at radius 1 is 1.19 bits per heavy atom. The Morgan fingerprint density at radius 2 is 1.97 bits per heavy atom. The van der Waals surface area contributed by atoms with Crippen LogP contribution < -0.4 is 25.0 Å². The molecule has 2 N–H and O–H groups in total. The highest BCUT2D eigenvalue weighted by Gasteiger charge is 2.59. The zero-order chi connectivity index (χ0) is 25.6. The number of carbonyl (C=O) groups is 1. The number of ether oxygens (including phenoxy) is 2. The van der Waals surface area contributed by atoms with E-state index in [0.29, 0.717) is 23.2 Å². The Balaban J connectivity index is 1.65. The Kier molecular flexibility index (Phi) is 6.43. The minimum Gasteiger partial charge on any atom is -0.490 e. The van der Waals surface area contributed by atoms with Crippen LogP contribution in [-0.2, 0) is 4.79 Å². The Labute approximate surface area is 225 Å². The van der Waals surface area contributed by atoms with Gasteiger partial charge in [0.05, 0.1) is 12.6 Å². The van der Waals surface area contributed by atoms with Gasteiger partial charge in [0.2, 0.25) is 5.91 Å². The topological polar surface area (TPSA) is 62.8 Å². The summed E-state index contributed by atoms with van der Waals surface area (Å²) >= 11 is 9.42. The van der Waals surface area contributed by atoms with Crippen LogP contribution in [0.15, 0.2) is 65.1 Å². The maximum absolute atomic E-state index is 14.1. The fourth-order valence-electron chi connectivity index (χ4n) is 5.21. The number of fused-ring (bicyclic) bond motifs is 4. The number of anilines is 2. The highest BCUT2D eigenvalue weighted by atomic mass is 79.9. The van der Waals surface area contributed by atoms with Gasteiger partial charge in [-0.1, -0.05) is 51.8 Å². The molecule has 0 unspecified atom stereocenters. The number of aryl methyl sites for hydroxylation is 2. The third-order valence-electron chi connectivity index (χ3n) is 6.78. The number of para-hydroxylation sites is 1. The molecule has 3 aromatic rings. The number of thiocarbonyl (C=S) groups is 1. The van der Waals surface area contributed by atoms with Crippen molar-refractivity contribution in [2.45, 2.75) is 39.5 Å². The van der Waals surface area contributed by atoms with Gasteiger partial charge in [-0.2, -0.15) is 0 Å². The number of carbonyl (C=O) groups excluding carboxylic acids is 1. The average Bonchev–Trinajstić information content (AvgIpc) is 2.81. The van der Waals surface area contributed by atoms with Crippen molar-refractivity contribution in [2.24, 2.45) is 5.92 Å². The van der Waals surface area contributed by atoms with Crippen LogP contribution in [0.3, 0.4) is 0 Å². The first-order valence-electron chi connectivity index (χ1n) is 11.9. The lowest BCUT2D eigenvalue weighted by Crippen LogP contribution is -2.72. The van der Waals surface area contributed by atoms with Crippen molar-refractivity contribution in [3.63, 3.8) is 0 Å². The number of amides is 1. The van der Waals surface area contributed by atoms with Crippen LogP contribution in [0.1, 0.15) is 36.6 Å². The largest absolute Gasteiger partial charge is 0.490 e. The van der Waals surface area contributed by atoms with Gasteiger partial charge in [0.15, 0.2) is 22.3 Å². The van der Waals surface area contributed by atoms with Crippen molar-refractivity contribution < 1.29 is 14.3 Å². The summed E-state index contributed by atoms with van der Waals surface area (Å²) in [6, 6.07) is 19.2. The van der Waals surface area contributed by atoms with E-state index >= 15 is 0 Å². The average molecular weight is 567 g/mol. The minimum absolute atomic E-state index is 0.156. The highest BCUT2D eigenvalue weighted by molar-refractivity contribution is 9.10. The summed E-state index contributed by atoms with van der Waals surface area (Å²) in [6.07, 6.45) is 0. The molecule has 2 aliphatic heterocycles. The second-order valence-electron chi connectivity index (χ2n) is 9.29. The summed E-state index contributed by atoms with van der Waals surface area (Å²) < 4.78 is 13.6. The van der Waals surface area contributed by atoms with E-state index < -0.39 is 17.7 Å². The molecule has 0 aromatic heterocycles. The molecule has 1 fully saturated rings. The lowest BCUT2D eigenvalue weighted by molar-refractivity contribution is -0.130. The molecule has 36 heavy (non-hydrogen) atoms. The van der Waals surface area contributed by atoms with Crippen molar-refractivity contribution in [1.82, 2.24) is 5.32 Å². The predicted molar refractivity (Wildman–Crippen MR) is 150 cm³/mol. The second-order valence-corrected chi connectivity index (χ2v) is 10.6. The van der Waals surface area contributed by atoms with Crippen LogP contribution in [0.25, 0.3) is 0 Å². The van der Waals surface area contributed by atoms with E-state index in [1.54, 1.807) is 0 Å². The molecule has 0 radical (unpaired) electrons. The van der Waals surface area contributed by atoms with Crippen molar-refractivity contribution >= 4 is 50.5 Å². The van der Waals surface area contributed by atoms with E-state index in [2.05, 4.69) is 32.6 Å². The summed E-state index contributed by atoms with van der Waals surface area (Å²) in [7, 11) is 0. The van der Waals surface area contributed by atoms with Crippen LogP contribution in [0.2, 0.25) is 0 Å². The van der Waals surface area contributed by atoms with E-state index in [0.717, 1.165) is 32.5 Å². The van der Waals surface area contributed by atoms with Gasteiger partial charge in [0, 0.05) is 21.4 Å². The maximum atomic E-state index is 14.1. The molecular formula is C28H28BrN3O3S. The molecule has 0 aliphatic carbocycles. The smallest absolute Gasteiger partial charge is 0.236 e. The second kappa shape index (κ2) is 9.41. The summed E-state index contributed by atoms with van der Waals surface area (Å²) in [5, 5.41) is 7.10. The molecule has 0 saturated carbocycles. The van der Waals surface area contributed by atoms with Gasteiger partial charge >= 0.3 is 0 Å². The van der Waals surface area contributed by atoms with Gasteiger partial charge in [-0.3, -0.25) is 9.69 Å². The lowest BCUT2D eigenvalue weighted by Gasteiger charge is -2.56. The standard InChI is InChI=1S/C28H28BrN3O3S/c1-5-34-22-11-7-10-20-24-23(26(33)30-21-13-12-16(2)14-17(21)3)28(4,35-25(20)22)32(27(36)31-24)19-9-6-8-18(29)15-19/h6-15,23-24H,5H2,1-4H3,(H,30,33)(H,31,36)/t23-,24-,28-/m1/s1. The number of hydrogen-bond acceptors (Lipinski definition) is 4. The number of halogens is 1. The van der Waals surface area contributed by atoms with E-state index in [1.807, 2.05) is 87.2 Å². The van der Waals surface area contributed by atoms with E-state index in [-0.39, 0.29) is 5.91 Å². The zero-order valence-corrected chi connectivity index (χ0v) is 23.0. The van der Waals surface area contributed by atoms with Crippen LogP contribution in [-0.4, -0.2) is 23.4 Å². The first kappa shape index (κ1) is 24.6. The third kappa shape index (κ3) is 4.12. The normalized spacial score (nSPS) is 22.2. The molecule has 3 atom stereocenters. The molecular weight excluding hydrogens is 538 g/mol. The van der Waals surface area contributed by atoms with Gasteiger partial charge < -0.3 is 20.1 Å². The fourth-order valence-corrected chi connectivity index (χ4v) is 6.01. The Bertz CT molecular complexity index is 1360. The lowest BCUT2D eigenvalue weighted by atomic mass is 9.78. The maximum Gasteiger partial charge on any atom is 0.236 e. The molecule has 2 heterocycles. The molecule has 1 saturated heterocycles. The molecule has 2 bridgehead atoms. The number of nitrogens with zero attached hydrogens (tertiary/aromatic N) is 1. The van der Waals surface area contributed by atoms with E-state index in [9.17, 15) is 4.79 Å². The summed E-state index contributed by atoms with van der Waals surface area (Å²) in [5.74, 6) is 0.478. The van der Waals surface area contributed by atoms with Crippen molar-refractivity contribution in [1.29, 1.82) is 0 Å². The highest BCUT2D eigenvalue weighted by Crippen LogP contribution is 2.52. The first-order chi connectivity index (χ1) is 17.2. The summed E-state index contributed by atoms with van der Waals surface area (Å²) in [4.78, 5) is 15.9. The number of hydrogen-bond donors (Lipinski definition) is 2. The SMILES string of the molecule is CCOc1cccc2c1O[C@]1(C)[C@@H](C(=O)Nc3ccc(C)cc3C)[C@@H]2NC(=S)N1c1cccc(Br)c1. The van der Waals surface area contributed by atoms with Crippen molar-refractivity contribution in [2.75, 3.05) is 16.8 Å². The molecule has 6 nitrogen and oxygen atoms in total. The Hall–Kier alpha value is -3.10. The van der Waals surface area contributed by atoms with Gasteiger partial charge in [-0.15, -0.1) is 0 Å². The van der Waals surface area contributed by atoms with E-state index in [4.69, 9.17) is 21.7 Å². The molecule has 186 valence electrons. The quantitative estimate of drug-likeness (QED) is 0.356. The molecule has 2 aliphatic rings. The van der Waals surface area contributed by atoms with Crippen LogP contribution >= 0.6 is 28.1 Å². The molecule has 5 rings (SSSR count). The van der Waals surface area contributed by atoms with Crippen LogP contribution in [0.5, 0.6) is 11.5 Å². The van der Waals surface area contributed by atoms with Gasteiger partial charge in [-0.05, 0) is 75.8 Å². The molecule has 3 aromatic carbocycles. The van der Waals surface area contributed by atoms with E-state index in [1.165, 1.54) is 0 Å². The fraction of sp³-hybridized carbons (Fsp3) is 0.286. The van der Waals surface area contributed by atoms with Gasteiger partial charge in [0.1, 0.15) is 5.92 Å². The summed E-state index contributed by atoms with van der Waals surface area (Å²) in [5.41, 5.74) is 3.44. The number of nitrogens with one attached hydrogen (secondary N) is 2. The summed E-state index contributed by atoms with van der Waals surface area (Å²) in [6.45, 7) is 8.39. The number of benzene rings is 3.